The van der Waals surface area contributed by atoms with Crippen LogP contribution in [0.25, 0.3) is 16.2 Å². The van der Waals surface area contributed by atoms with Gasteiger partial charge >= 0.3 is 0 Å². The molecule has 0 saturated heterocycles. The maximum absolute atomic E-state index is 12.6. The van der Waals surface area contributed by atoms with E-state index in [1.807, 2.05) is 22.9 Å². The number of amides is 1. The molecule has 1 N–H and O–H groups in total. The molecule has 1 amide bonds. The summed E-state index contributed by atoms with van der Waals surface area (Å²) in [6, 6.07) is 8.36. The molecule has 136 valence electrons. The molecule has 0 saturated carbocycles. The van der Waals surface area contributed by atoms with Gasteiger partial charge in [0.05, 0.1) is 29.8 Å². The molecule has 0 atom stereocenters. The number of hydrogen-bond donors (Lipinski definition) is 1. The van der Waals surface area contributed by atoms with E-state index < -0.39 is 0 Å². The van der Waals surface area contributed by atoms with Gasteiger partial charge in [0, 0.05) is 23.3 Å². The molecule has 4 aromatic rings. The number of rotatable bonds is 5. The quantitative estimate of drug-likeness (QED) is 0.576. The number of fused-ring (bicyclic) bond motifs is 1. The molecule has 0 fully saturated rings. The van der Waals surface area contributed by atoms with Crippen molar-refractivity contribution in [2.75, 3.05) is 0 Å². The monoisotopic (exact) mass is 377 g/mol. The first-order chi connectivity index (χ1) is 13.1. The third-order valence-electron chi connectivity index (χ3n) is 4.36. The van der Waals surface area contributed by atoms with Crippen LogP contribution in [-0.4, -0.2) is 25.3 Å². The third kappa shape index (κ3) is 3.59. The first kappa shape index (κ1) is 17.4. The van der Waals surface area contributed by atoms with E-state index in [2.05, 4.69) is 51.5 Å². The summed E-state index contributed by atoms with van der Waals surface area (Å²) in [5.41, 5.74) is 5.34. The topological polar surface area (TPSA) is 72.2 Å². The summed E-state index contributed by atoms with van der Waals surface area (Å²) in [5.74, 6) is -0.158. The molecule has 3 aromatic heterocycles. The molecule has 3 heterocycles. The number of thiazole rings is 1. The zero-order valence-corrected chi connectivity index (χ0v) is 16.0. The second-order valence-corrected chi connectivity index (χ2v) is 7.12. The highest BCUT2D eigenvalue weighted by Crippen LogP contribution is 2.24. The van der Waals surface area contributed by atoms with E-state index in [1.54, 1.807) is 12.4 Å². The van der Waals surface area contributed by atoms with Crippen LogP contribution in [0.5, 0.6) is 0 Å². The molecule has 7 heteroatoms. The van der Waals surface area contributed by atoms with Crippen molar-refractivity contribution < 1.29 is 4.79 Å². The van der Waals surface area contributed by atoms with Crippen LogP contribution in [0.2, 0.25) is 0 Å². The molecule has 0 aliphatic carbocycles. The van der Waals surface area contributed by atoms with E-state index in [0.717, 1.165) is 34.0 Å². The molecular weight excluding hydrogens is 358 g/mol. The standard InChI is InChI=1S/C20H19N5OS/c1-3-14-4-6-15(7-5-14)17-11-25-18(12-27-20(25)24-17)19(26)23-10-16-9-21-13(2)8-22-16/h4-9,11-12H,3,10H2,1-2H3,(H,23,26). The number of nitrogens with one attached hydrogen (secondary N) is 1. The number of benzene rings is 1. The Morgan fingerprint density at radius 1 is 1.19 bits per heavy atom. The molecular formula is C20H19N5OS. The van der Waals surface area contributed by atoms with Crippen LogP contribution < -0.4 is 5.32 Å². The van der Waals surface area contributed by atoms with Gasteiger partial charge in [-0.05, 0) is 18.9 Å². The van der Waals surface area contributed by atoms with Gasteiger partial charge in [0.1, 0.15) is 5.69 Å². The number of imidazole rings is 1. The van der Waals surface area contributed by atoms with Gasteiger partial charge in [0.2, 0.25) is 0 Å². The number of aryl methyl sites for hydroxylation is 2. The predicted molar refractivity (Wildman–Crippen MR) is 106 cm³/mol. The lowest BCUT2D eigenvalue weighted by molar-refractivity contribution is 0.0945. The fourth-order valence-corrected chi connectivity index (χ4v) is 3.62. The van der Waals surface area contributed by atoms with Gasteiger partial charge in [-0.15, -0.1) is 11.3 Å². The SMILES string of the molecule is CCc1ccc(-c2cn3c(C(=O)NCc4cnc(C)cn4)csc3n2)cc1. The fourth-order valence-electron chi connectivity index (χ4n) is 2.77. The van der Waals surface area contributed by atoms with Crippen molar-refractivity contribution in [3.63, 3.8) is 0 Å². The zero-order valence-electron chi connectivity index (χ0n) is 15.1. The molecule has 4 rings (SSSR count). The number of carbonyl (C=O) groups is 1. The van der Waals surface area contributed by atoms with Crippen LogP contribution in [-0.2, 0) is 13.0 Å². The summed E-state index contributed by atoms with van der Waals surface area (Å²) >= 11 is 1.45. The van der Waals surface area contributed by atoms with Crippen LogP contribution in [0.3, 0.4) is 0 Å². The Morgan fingerprint density at radius 2 is 2.00 bits per heavy atom. The largest absolute Gasteiger partial charge is 0.345 e. The number of hydrogen-bond acceptors (Lipinski definition) is 5. The number of nitrogens with zero attached hydrogens (tertiary/aromatic N) is 4. The molecule has 0 unspecified atom stereocenters. The van der Waals surface area contributed by atoms with Crippen molar-refractivity contribution >= 4 is 22.2 Å². The zero-order chi connectivity index (χ0) is 18.8. The van der Waals surface area contributed by atoms with Crippen molar-refractivity contribution in [1.29, 1.82) is 0 Å². The highest BCUT2D eigenvalue weighted by atomic mass is 32.1. The summed E-state index contributed by atoms with van der Waals surface area (Å²) in [6.07, 6.45) is 6.28. The third-order valence-corrected chi connectivity index (χ3v) is 5.20. The normalized spacial score (nSPS) is 11.0. The first-order valence-electron chi connectivity index (χ1n) is 8.75. The number of carbonyl (C=O) groups excluding carboxylic acids is 1. The molecule has 27 heavy (non-hydrogen) atoms. The molecule has 6 nitrogen and oxygen atoms in total. The van der Waals surface area contributed by atoms with E-state index in [0.29, 0.717) is 12.2 Å². The van der Waals surface area contributed by atoms with Gasteiger partial charge in [-0.3, -0.25) is 19.2 Å². The highest BCUT2D eigenvalue weighted by Gasteiger charge is 2.15. The second-order valence-electron chi connectivity index (χ2n) is 6.28. The van der Waals surface area contributed by atoms with Gasteiger partial charge in [-0.25, -0.2) is 4.98 Å². The van der Waals surface area contributed by atoms with Crippen LogP contribution in [0, 0.1) is 6.92 Å². The Morgan fingerprint density at radius 3 is 2.70 bits per heavy atom. The molecule has 0 aliphatic rings. The first-order valence-corrected chi connectivity index (χ1v) is 9.63. The Kier molecular flexibility index (Phi) is 4.68. The summed E-state index contributed by atoms with van der Waals surface area (Å²) in [6.45, 7) is 4.35. The van der Waals surface area contributed by atoms with Crippen molar-refractivity contribution in [2.24, 2.45) is 0 Å². The minimum absolute atomic E-state index is 0.158. The Balaban J connectivity index is 1.54. The minimum atomic E-state index is -0.158. The van der Waals surface area contributed by atoms with Crippen LogP contribution in [0.1, 0.15) is 34.4 Å². The van der Waals surface area contributed by atoms with E-state index in [-0.39, 0.29) is 5.91 Å². The van der Waals surface area contributed by atoms with Gasteiger partial charge in [-0.2, -0.15) is 0 Å². The van der Waals surface area contributed by atoms with Crippen LogP contribution in [0.4, 0.5) is 0 Å². The lowest BCUT2D eigenvalue weighted by Crippen LogP contribution is -2.24. The molecule has 1 aromatic carbocycles. The average Bonchev–Trinajstić information content (AvgIpc) is 3.28. The molecule has 0 radical (unpaired) electrons. The van der Waals surface area contributed by atoms with Gasteiger partial charge < -0.3 is 5.32 Å². The maximum Gasteiger partial charge on any atom is 0.269 e. The van der Waals surface area contributed by atoms with E-state index in [4.69, 9.17) is 0 Å². The van der Waals surface area contributed by atoms with Gasteiger partial charge in [-0.1, -0.05) is 31.2 Å². The van der Waals surface area contributed by atoms with Crippen molar-refractivity contribution in [3.8, 4) is 11.3 Å². The summed E-state index contributed by atoms with van der Waals surface area (Å²) in [7, 11) is 0. The number of aromatic nitrogens is 4. The smallest absolute Gasteiger partial charge is 0.269 e. The van der Waals surface area contributed by atoms with Crippen LogP contribution in [0.15, 0.2) is 48.2 Å². The Labute approximate surface area is 160 Å². The van der Waals surface area contributed by atoms with E-state index in [1.165, 1.54) is 16.9 Å². The second kappa shape index (κ2) is 7.28. The highest BCUT2D eigenvalue weighted by molar-refractivity contribution is 7.15. The van der Waals surface area contributed by atoms with Gasteiger partial charge in [0.15, 0.2) is 4.96 Å². The molecule has 0 bridgehead atoms. The molecule has 0 spiro atoms. The summed E-state index contributed by atoms with van der Waals surface area (Å²) in [5, 5.41) is 4.72. The van der Waals surface area contributed by atoms with Crippen LogP contribution >= 0.6 is 11.3 Å². The lowest BCUT2D eigenvalue weighted by atomic mass is 10.1. The Hall–Kier alpha value is -3.06. The molecule has 0 aliphatic heterocycles. The minimum Gasteiger partial charge on any atom is -0.345 e. The van der Waals surface area contributed by atoms with Crippen molar-refractivity contribution in [2.45, 2.75) is 26.8 Å². The summed E-state index contributed by atoms with van der Waals surface area (Å²) < 4.78 is 1.84. The fraction of sp³-hybridized carbons (Fsp3) is 0.200. The van der Waals surface area contributed by atoms with E-state index >= 15 is 0 Å². The van der Waals surface area contributed by atoms with E-state index in [9.17, 15) is 4.79 Å². The lowest BCUT2D eigenvalue weighted by Gasteiger charge is -2.04. The predicted octanol–water partition coefficient (Wildman–Crippen LogP) is 3.65. The van der Waals surface area contributed by atoms with Crippen molar-refractivity contribution in [1.82, 2.24) is 24.7 Å². The Bertz CT molecular complexity index is 1080. The van der Waals surface area contributed by atoms with Crippen molar-refractivity contribution in [3.05, 3.63) is 70.9 Å². The average molecular weight is 377 g/mol. The maximum atomic E-state index is 12.6. The summed E-state index contributed by atoms with van der Waals surface area (Å²) in [4.78, 5) is 26.5. The van der Waals surface area contributed by atoms with Gasteiger partial charge in [0.25, 0.3) is 5.91 Å².